The molecule has 9 aliphatic rings. The molecule has 3 aromatic heterocycles. The smallest absolute Gasteiger partial charge is 0.319 e. The minimum Gasteiger partial charge on any atom is -0.380 e. The van der Waals surface area contributed by atoms with Crippen LogP contribution in [-0.4, -0.2) is 232 Å². The maximum Gasteiger partial charge on any atom is 0.319 e. The van der Waals surface area contributed by atoms with E-state index in [1.54, 1.807) is 0 Å². The van der Waals surface area contributed by atoms with Gasteiger partial charge >= 0.3 is 18.1 Å². The number of nitrogens with zero attached hydrogens (tertiary/aromatic N) is 11. The molecule has 28 heteroatoms. The second-order valence-corrected chi connectivity index (χ2v) is 28.2. The van der Waals surface area contributed by atoms with Gasteiger partial charge in [0.2, 0.25) is 0 Å². The molecule has 9 aliphatic heterocycles. The van der Waals surface area contributed by atoms with Crippen LogP contribution in [0.5, 0.6) is 0 Å². The highest BCUT2D eigenvalue weighted by Crippen LogP contribution is 2.37. The highest BCUT2D eigenvalue weighted by Gasteiger charge is 2.35. The molecular weight excluding hydrogens is 1350 g/mol. The van der Waals surface area contributed by atoms with Crippen LogP contribution in [0.2, 0.25) is 0 Å². The van der Waals surface area contributed by atoms with E-state index in [2.05, 4.69) is 82.5 Å². The van der Waals surface area contributed by atoms with Gasteiger partial charge in [-0.3, -0.25) is 14.6 Å². The Morgan fingerprint density at radius 2 is 0.802 bits per heavy atom. The van der Waals surface area contributed by atoms with Gasteiger partial charge in [-0.2, -0.15) is 0 Å². The summed E-state index contributed by atoms with van der Waals surface area (Å²) in [4.78, 5) is 88.2. The van der Waals surface area contributed by atoms with Crippen molar-refractivity contribution in [2.45, 2.75) is 149 Å². The molecule has 12 heterocycles. The molecule has 15 rings (SSSR count). The van der Waals surface area contributed by atoms with Crippen LogP contribution in [0.4, 0.5) is 48.9 Å². The molecule has 0 aliphatic carbocycles. The molecule has 0 unspecified atom stereocenters. The van der Waals surface area contributed by atoms with Gasteiger partial charge in [0.15, 0.2) is 23.3 Å². The predicted molar refractivity (Wildman–Crippen MR) is 410 cm³/mol. The number of aromatic nitrogens is 6. The molecule has 5 atom stereocenters. The molecule has 0 spiro atoms. The van der Waals surface area contributed by atoms with Gasteiger partial charge < -0.3 is 80.3 Å². The molecule has 106 heavy (non-hydrogen) atoms. The Labute approximate surface area is 622 Å². The fraction of sp³-hybridized carbons (Fsp3) is 0.564. The largest absolute Gasteiger partial charge is 0.380 e. The first-order valence-electron chi connectivity index (χ1n) is 38.4. The topological polar surface area (TPSA) is 301 Å². The number of Topliss-reactive ketones (excluding diaryl/α,β-unsaturated/α-hetero) is 1. The molecule has 7 N–H and O–H groups in total. The lowest BCUT2D eigenvalue weighted by Crippen LogP contribution is -2.47. The quantitative estimate of drug-likeness (QED) is 0.0537. The zero-order valence-electron chi connectivity index (χ0n) is 62.7. The van der Waals surface area contributed by atoms with E-state index < -0.39 is 0 Å². The predicted octanol–water partition coefficient (Wildman–Crippen LogP) is 8.62. The lowest BCUT2D eigenvalue weighted by molar-refractivity contribution is -0.126. The number of fused-ring (bicyclic) bond motifs is 3. The molecule has 6 fully saturated rings. The van der Waals surface area contributed by atoms with Gasteiger partial charge in [-0.25, -0.2) is 44.3 Å². The number of carbonyl (C=O) groups excluding carboxylic acids is 4. The molecular formula is C78H108N18O10. The van der Waals surface area contributed by atoms with Gasteiger partial charge in [-0.1, -0.05) is 0 Å². The number of rotatable bonds is 14. The monoisotopic (exact) mass is 1460 g/mol. The minimum atomic E-state index is -0.208. The minimum absolute atomic E-state index is 0.208. The Morgan fingerprint density at radius 3 is 1.13 bits per heavy atom. The van der Waals surface area contributed by atoms with Crippen molar-refractivity contribution in [2.75, 3.05) is 169 Å². The van der Waals surface area contributed by atoms with E-state index in [0.717, 1.165) is 223 Å². The highest BCUT2D eigenvalue weighted by molar-refractivity contribution is 5.91. The van der Waals surface area contributed by atoms with E-state index in [9.17, 15) is 19.2 Å². The summed E-state index contributed by atoms with van der Waals surface area (Å²) in [5, 5.41) is 20.2. The van der Waals surface area contributed by atoms with Gasteiger partial charge in [-0.05, 0) is 172 Å². The number of hydrogen-bond donors (Lipinski definition) is 7. The summed E-state index contributed by atoms with van der Waals surface area (Å²) in [6, 6.07) is 24.3. The van der Waals surface area contributed by atoms with Crippen LogP contribution < -0.4 is 51.9 Å². The van der Waals surface area contributed by atoms with Crippen LogP contribution in [0, 0.1) is 0 Å². The Bertz CT molecular complexity index is 3710. The van der Waals surface area contributed by atoms with Crippen molar-refractivity contribution < 1.29 is 47.6 Å². The first-order chi connectivity index (χ1) is 51.8. The first kappa shape index (κ1) is 77.0. The standard InChI is InChI=1S/2C26H36N6O3.C21H28N6O2.C5H8O2/c2*1-3-27-26(33)28-20-8-6-19(7-9-20)24-29-23-15-31(21-5-4-13-34-17-21)11-10-22(23)25(30-24)32-12-14-35-16-18(32)2;1-3-23-21(28)24-16-6-4-15(5-7-16)19-25-18-12-22-9-8-17(18)20(26-19)27-10-11-29-13-14(27)2;6-5-2-1-3-7-4-5/h2*6-9,18,21H,3-5,10-17H2,1-2H3,(H2,27,28,33);4-7,14,22H,3,8-13H2,1-2H3,(H2,23,24,28);1-4H2/t18-,21+;18-,21-;14-;/m000./s1. The first-order valence-corrected chi connectivity index (χ1v) is 38.4. The Kier molecular flexibility index (Phi) is 27.8. The van der Waals surface area contributed by atoms with Crippen molar-refractivity contribution in [2.24, 2.45) is 0 Å². The average molecular weight is 1460 g/mol. The number of ketones is 1. The number of urea groups is 3. The van der Waals surface area contributed by atoms with E-state index >= 15 is 0 Å². The molecule has 6 amide bonds. The Balaban J connectivity index is 0.000000143. The third-order valence-electron chi connectivity index (χ3n) is 20.5. The van der Waals surface area contributed by atoms with Crippen LogP contribution in [0.25, 0.3) is 34.2 Å². The van der Waals surface area contributed by atoms with Crippen molar-refractivity contribution in [3.63, 3.8) is 0 Å². The van der Waals surface area contributed by atoms with Crippen molar-refractivity contribution in [3.8, 4) is 34.2 Å². The van der Waals surface area contributed by atoms with E-state index in [0.29, 0.717) is 77.2 Å². The number of anilines is 6. The number of hydrogen-bond acceptors (Lipinski definition) is 22. The Morgan fingerprint density at radius 1 is 0.434 bits per heavy atom. The van der Waals surface area contributed by atoms with Gasteiger partial charge in [0.1, 0.15) is 24.1 Å². The summed E-state index contributed by atoms with van der Waals surface area (Å²) in [6.07, 6.45) is 9.07. The number of morpholine rings is 3. The zero-order chi connectivity index (χ0) is 73.7. The molecule has 6 saturated heterocycles. The van der Waals surface area contributed by atoms with Gasteiger partial charge in [0.25, 0.3) is 0 Å². The van der Waals surface area contributed by atoms with Crippen LogP contribution in [0.3, 0.4) is 0 Å². The van der Waals surface area contributed by atoms with Gasteiger partial charge in [0, 0.05) is 161 Å². The molecule has 6 aromatic rings. The van der Waals surface area contributed by atoms with Crippen molar-refractivity contribution in [1.29, 1.82) is 0 Å². The molecule has 570 valence electrons. The van der Waals surface area contributed by atoms with Gasteiger partial charge in [-0.15, -0.1) is 0 Å². The summed E-state index contributed by atoms with van der Waals surface area (Å²) in [6.45, 7) is 30.6. The van der Waals surface area contributed by atoms with Crippen molar-refractivity contribution in [1.82, 2.24) is 61.0 Å². The van der Waals surface area contributed by atoms with Crippen LogP contribution >= 0.6 is 0 Å². The summed E-state index contributed by atoms with van der Waals surface area (Å²) >= 11 is 0. The average Bonchev–Trinajstić information content (AvgIpc) is 0.785. The lowest BCUT2D eigenvalue weighted by atomic mass is 9.99. The second kappa shape index (κ2) is 38.3. The molecule has 0 radical (unpaired) electrons. The summed E-state index contributed by atoms with van der Waals surface area (Å²) < 4.78 is 33.4. The van der Waals surface area contributed by atoms with Crippen LogP contribution in [0.1, 0.15) is 114 Å². The third kappa shape index (κ3) is 20.4. The number of ether oxygens (including phenoxy) is 6. The molecule has 28 nitrogen and oxygen atoms in total. The number of amides is 6. The third-order valence-corrected chi connectivity index (χ3v) is 20.5. The van der Waals surface area contributed by atoms with E-state index in [-0.39, 0.29) is 42.0 Å². The van der Waals surface area contributed by atoms with Crippen molar-refractivity contribution >= 4 is 58.4 Å². The molecule has 3 aromatic carbocycles. The van der Waals surface area contributed by atoms with Crippen LogP contribution in [-0.2, 0) is 72.1 Å². The molecule has 0 bridgehead atoms. The fourth-order valence-corrected chi connectivity index (χ4v) is 14.8. The highest BCUT2D eigenvalue weighted by atomic mass is 16.5. The second-order valence-electron chi connectivity index (χ2n) is 28.2. The number of carbonyl (C=O) groups is 4. The summed E-state index contributed by atoms with van der Waals surface area (Å²) in [5.41, 5.74) is 12.1. The normalized spacial score (nSPS) is 21.8. The number of benzene rings is 3. The SMILES string of the molecule is CCNC(=O)Nc1ccc(-c2nc3c(c(N4CCOC[C@@H]4C)n2)CCN([C@@H]2CCCOC2)C3)cc1.CCNC(=O)Nc1ccc(-c2nc3c(c(N4CCOC[C@@H]4C)n2)CCN([C@H]2CCCOC2)C3)cc1.CCNC(=O)Nc1ccc(-c2nc3c(c(N4CCOC[C@@H]4C)n2)CCNC3)cc1.O=C1CCCOC1. The zero-order valence-corrected chi connectivity index (χ0v) is 62.7. The van der Waals surface area contributed by atoms with Gasteiger partial charge in [0.05, 0.1) is 88.1 Å². The molecule has 0 saturated carbocycles. The van der Waals surface area contributed by atoms with Crippen molar-refractivity contribution in [3.05, 3.63) is 107 Å². The lowest BCUT2D eigenvalue weighted by Gasteiger charge is -2.40. The van der Waals surface area contributed by atoms with E-state index in [1.165, 1.54) is 29.5 Å². The fourth-order valence-electron chi connectivity index (χ4n) is 14.8. The maximum absolute atomic E-state index is 11.9. The Hall–Kier alpha value is -8.58. The number of nitrogens with one attached hydrogen (secondary N) is 7. The maximum atomic E-state index is 11.9. The summed E-state index contributed by atoms with van der Waals surface area (Å²) in [5.74, 6) is 5.53. The summed E-state index contributed by atoms with van der Waals surface area (Å²) in [7, 11) is 0. The van der Waals surface area contributed by atoms with E-state index in [1.807, 2.05) is 93.6 Å². The van der Waals surface area contributed by atoms with E-state index in [4.69, 9.17) is 58.3 Å². The van der Waals surface area contributed by atoms with Crippen LogP contribution in [0.15, 0.2) is 72.8 Å².